The summed E-state index contributed by atoms with van der Waals surface area (Å²) in [5.41, 5.74) is 0.698. The van der Waals surface area contributed by atoms with Gasteiger partial charge in [-0.05, 0) is 69.3 Å². The number of amides is 2. The summed E-state index contributed by atoms with van der Waals surface area (Å²) >= 11 is 0. The van der Waals surface area contributed by atoms with Crippen molar-refractivity contribution in [2.24, 2.45) is 11.8 Å². The number of fused-ring (bicyclic) bond motifs is 1. The van der Waals surface area contributed by atoms with E-state index in [1.165, 1.54) is 10.9 Å². The standard InChI is InChI=1S/C41H54N8O5/c1-45-21-23-46(24-22-45)18-14-38(51)44-34-11-12-35-36(26-34)43-30-49(40(35)53)28-41(54)15-19-48(20-16-41)39(52)32(25-31-7-3-2-4-8-31)9-5-6-10-37(50)33-13-17-47(27-33)29-42/h2-4,7-8,11-12,26,30,32-33,54H,5-6,9-10,13-25,27-28H2,1H3,(H,44,51). The Morgan fingerprint density at radius 3 is 2.48 bits per heavy atom. The Hall–Kier alpha value is -4.64. The predicted molar refractivity (Wildman–Crippen MR) is 206 cm³/mol. The summed E-state index contributed by atoms with van der Waals surface area (Å²) in [4.78, 5) is 65.4. The molecule has 3 aliphatic rings. The fraction of sp³-hybridized carbons (Fsp3) is 0.561. The molecule has 4 heterocycles. The van der Waals surface area contributed by atoms with Crippen molar-refractivity contribution in [3.05, 3.63) is 70.8 Å². The number of nitrogens with one attached hydrogen (secondary N) is 1. The average molecular weight is 739 g/mol. The van der Waals surface area contributed by atoms with E-state index >= 15 is 0 Å². The maximum atomic E-state index is 13.9. The fourth-order valence-electron chi connectivity index (χ4n) is 8.00. The summed E-state index contributed by atoms with van der Waals surface area (Å²) < 4.78 is 1.44. The first kappa shape index (κ1) is 39.1. The summed E-state index contributed by atoms with van der Waals surface area (Å²) in [5, 5.41) is 24.1. The highest BCUT2D eigenvalue weighted by Crippen LogP contribution is 2.28. The fourth-order valence-corrected chi connectivity index (χ4v) is 8.00. The number of benzene rings is 2. The van der Waals surface area contributed by atoms with Crippen LogP contribution in [0.5, 0.6) is 0 Å². The number of Topliss-reactive ketones (excluding diaryl/α,β-unsaturated/α-hetero) is 1. The number of piperazine rings is 1. The van der Waals surface area contributed by atoms with Gasteiger partial charge in [0, 0.05) is 89.3 Å². The van der Waals surface area contributed by atoms with Crippen molar-refractivity contribution >= 4 is 34.2 Å². The normalized spacial score (nSPS) is 19.8. The number of anilines is 1. The van der Waals surface area contributed by atoms with E-state index in [-0.39, 0.29) is 41.5 Å². The highest BCUT2D eigenvalue weighted by molar-refractivity contribution is 5.93. The number of aliphatic hydroxyl groups is 1. The van der Waals surface area contributed by atoms with Gasteiger partial charge >= 0.3 is 0 Å². The minimum atomic E-state index is -1.18. The van der Waals surface area contributed by atoms with E-state index in [0.717, 1.165) is 44.6 Å². The third kappa shape index (κ3) is 10.3. The molecule has 0 aliphatic carbocycles. The third-order valence-electron chi connectivity index (χ3n) is 11.5. The van der Waals surface area contributed by atoms with Crippen LogP contribution < -0.4 is 10.9 Å². The van der Waals surface area contributed by atoms with Gasteiger partial charge in [0.25, 0.3) is 5.56 Å². The Kier molecular flexibility index (Phi) is 13.1. The lowest BCUT2D eigenvalue weighted by molar-refractivity contribution is -0.140. The average Bonchev–Trinajstić information content (AvgIpc) is 3.67. The first-order valence-electron chi connectivity index (χ1n) is 19.5. The molecule has 2 unspecified atom stereocenters. The van der Waals surface area contributed by atoms with Gasteiger partial charge in [0.1, 0.15) is 5.78 Å². The molecule has 54 heavy (non-hydrogen) atoms. The summed E-state index contributed by atoms with van der Waals surface area (Å²) in [6.45, 7) is 6.58. The van der Waals surface area contributed by atoms with Gasteiger partial charge in [-0.2, -0.15) is 5.26 Å². The molecular weight excluding hydrogens is 685 g/mol. The van der Waals surface area contributed by atoms with E-state index < -0.39 is 5.60 Å². The van der Waals surface area contributed by atoms with Gasteiger partial charge in [0.05, 0.1) is 29.4 Å². The topological polar surface area (TPSA) is 155 Å². The highest BCUT2D eigenvalue weighted by atomic mass is 16.3. The van der Waals surface area contributed by atoms with Crippen molar-refractivity contribution < 1.29 is 19.5 Å². The summed E-state index contributed by atoms with van der Waals surface area (Å²) in [6, 6.07) is 15.0. The van der Waals surface area contributed by atoms with Gasteiger partial charge < -0.3 is 30.0 Å². The van der Waals surface area contributed by atoms with Crippen LogP contribution in [0, 0.1) is 23.3 Å². The Morgan fingerprint density at radius 2 is 1.76 bits per heavy atom. The zero-order chi connectivity index (χ0) is 38.1. The number of carbonyl (C=O) groups is 3. The molecule has 6 rings (SSSR count). The molecule has 0 radical (unpaired) electrons. The summed E-state index contributed by atoms with van der Waals surface area (Å²) in [5.74, 6) is -0.140. The summed E-state index contributed by atoms with van der Waals surface area (Å²) in [7, 11) is 2.10. The lowest BCUT2D eigenvalue weighted by Crippen LogP contribution is -2.51. The number of likely N-dealkylation sites (tertiary alicyclic amines) is 2. The number of aromatic nitrogens is 2. The van der Waals surface area contributed by atoms with E-state index in [1.54, 1.807) is 23.1 Å². The molecule has 2 amide bonds. The van der Waals surface area contributed by atoms with Gasteiger partial charge in [0.2, 0.25) is 11.8 Å². The van der Waals surface area contributed by atoms with Gasteiger partial charge in [-0.1, -0.05) is 36.8 Å². The third-order valence-corrected chi connectivity index (χ3v) is 11.5. The van der Waals surface area contributed by atoms with Crippen molar-refractivity contribution in [2.75, 3.05) is 71.3 Å². The molecule has 0 saturated carbocycles. The number of unbranched alkanes of at least 4 members (excludes halogenated alkanes) is 1. The second-order valence-corrected chi connectivity index (χ2v) is 15.5. The molecule has 3 fully saturated rings. The number of nitriles is 1. The minimum absolute atomic E-state index is 0.0550. The van der Waals surface area contributed by atoms with Crippen LogP contribution in [-0.2, 0) is 27.3 Å². The lowest BCUT2D eigenvalue weighted by atomic mass is 9.88. The number of likely N-dealkylation sites (N-methyl/N-ethyl adjacent to an activating group) is 1. The molecule has 2 atom stereocenters. The maximum Gasteiger partial charge on any atom is 0.261 e. The van der Waals surface area contributed by atoms with Crippen molar-refractivity contribution in [2.45, 2.75) is 69.9 Å². The van der Waals surface area contributed by atoms with Crippen LogP contribution in [0.15, 0.2) is 59.7 Å². The molecule has 3 saturated heterocycles. The van der Waals surface area contributed by atoms with E-state index in [9.17, 15) is 24.3 Å². The van der Waals surface area contributed by atoms with Crippen LogP contribution in [0.2, 0.25) is 0 Å². The molecule has 3 aliphatic heterocycles. The van der Waals surface area contributed by atoms with Crippen LogP contribution in [-0.4, -0.2) is 123 Å². The Morgan fingerprint density at radius 1 is 1.00 bits per heavy atom. The second kappa shape index (κ2) is 18.1. The zero-order valence-corrected chi connectivity index (χ0v) is 31.5. The van der Waals surface area contributed by atoms with Crippen LogP contribution in [0.1, 0.15) is 56.9 Å². The second-order valence-electron chi connectivity index (χ2n) is 15.5. The van der Waals surface area contributed by atoms with Crippen molar-refractivity contribution in [1.29, 1.82) is 5.26 Å². The van der Waals surface area contributed by atoms with E-state index in [0.29, 0.717) is 94.3 Å². The summed E-state index contributed by atoms with van der Waals surface area (Å²) in [6.07, 6.45) is 8.56. The van der Waals surface area contributed by atoms with Gasteiger partial charge in [-0.3, -0.25) is 23.7 Å². The molecule has 0 bridgehead atoms. The van der Waals surface area contributed by atoms with Crippen LogP contribution >= 0.6 is 0 Å². The van der Waals surface area contributed by atoms with Crippen molar-refractivity contribution in [3.8, 4) is 6.19 Å². The minimum Gasteiger partial charge on any atom is -0.388 e. The molecule has 1 aromatic heterocycles. The molecule has 2 N–H and O–H groups in total. The van der Waals surface area contributed by atoms with Crippen molar-refractivity contribution in [3.63, 3.8) is 0 Å². The number of rotatable bonds is 15. The molecule has 3 aromatic rings. The lowest BCUT2D eigenvalue weighted by Gasteiger charge is -2.39. The maximum absolute atomic E-state index is 13.9. The zero-order valence-electron chi connectivity index (χ0n) is 31.5. The molecule has 13 nitrogen and oxygen atoms in total. The predicted octanol–water partition coefficient (Wildman–Crippen LogP) is 3.12. The highest BCUT2D eigenvalue weighted by Gasteiger charge is 2.36. The molecule has 0 spiro atoms. The molecule has 2 aromatic carbocycles. The van der Waals surface area contributed by atoms with Crippen LogP contribution in [0.3, 0.4) is 0 Å². The number of hydrogen-bond donors (Lipinski definition) is 2. The first-order chi connectivity index (χ1) is 26.1. The Bertz CT molecular complexity index is 1860. The number of hydrogen-bond acceptors (Lipinski definition) is 10. The molecule has 288 valence electrons. The number of piperidine rings is 1. The van der Waals surface area contributed by atoms with Crippen molar-refractivity contribution in [1.82, 2.24) is 29.2 Å². The smallest absolute Gasteiger partial charge is 0.261 e. The van der Waals surface area contributed by atoms with E-state index in [2.05, 4.69) is 33.3 Å². The Balaban J connectivity index is 1.01. The quantitative estimate of drug-likeness (QED) is 0.176. The molecule has 13 heteroatoms. The van der Waals surface area contributed by atoms with E-state index in [1.807, 2.05) is 35.2 Å². The first-order valence-corrected chi connectivity index (χ1v) is 19.5. The van der Waals surface area contributed by atoms with Crippen LogP contribution in [0.25, 0.3) is 10.9 Å². The monoisotopic (exact) mass is 738 g/mol. The molecular formula is C41H54N8O5. The Labute approximate surface area is 317 Å². The SMILES string of the molecule is CN1CCN(CCC(=O)Nc2ccc3c(=O)n(CC4(O)CCN(C(=O)C(CCCCC(=O)C5CCN(C#N)C5)Cc5ccccc5)CC4)cnc3c2)CC1. The largest absolute Gasteiger partial charge is 0.388 e. The number of nitrogens with zero attached hydrogens (tertiary/aromatic N) is 7. The van der Waals surface area contributed by atoms with Gasteiger partial charge in [-0.15, -0.1) is 0 Å². The van der Waals surface area contributed by atoms with E-state index in [4.69, 9.17) is 5.26 Å². The van der Waals surface area contributed by atoms with Gasteiger partial charge in [0.15, 0.2) is 6.19 Å². The van der Waals surface area contributed by atoms with Crippen LogP contribution in [0.4, 0.5) is 5.69 Å². The number of carbonyl (C=O) groups excluding carboxylic acids is 3. The van der Waals surface area contributed by atoms with Gasteiger partial charge in [-0.25, -0.2) is 4.98 Å². The number of ketones is 1.